The normalized spacial score (nSPS) is 14.0. The highest BCUT2D eigenvalue weighted by Crippen LogP contribution is 2.19. The second-order valence-electron chi connectivity index (χ2n) is 4.83. The minimum atomic E-state index is -0.565. The van der Waals surface area contributed by atoms with E-state index in [-0.39, 0.29) is 12.5 Å². The fraction of sp³-hybridized carbons (Fsp3) is 0.400. The minimum absolute atomic E-state index is 0.103. The molecule has 1 aliphatic heterocycles. The van der Waals surface area contributed by atoms with Crippen molar-refractivity contribution in [2.45, 2.75) is 0 Å². The maximum absolute atomic E-state index is 12.6. The van der Waals surface area contributed by atoms with Crippen molar-refractivity contribution >= 4 is 35.4 Å². The number of rotatable bonds is 4. The van der Waals surface area contributed by atoms with Crippen LogP contribution < -0.4 is 10.6 Å². The molecule has 1 aromatic rings. The molecule has 0 saturated carbocycles. The molecule has 23 heavy (non-hydrogen) atoms. The third kappa shape index (κ3) is 4.88. The van der Waals surface area contributed by atoms with Gasteiger partial charge in [-0.2, -0.15) is 11.8 Å². The lowest BCUT2D eigenvalue weighted by molar-refractivity contribution is -0.139. The molecule has 8 heteroatoms. The third-order valence-corrected chi connectivity index (χ3v) is 4.27. The fourth-order valence-corrected chi connectivity index (χ4v) is 3.01. The van der Waals surface area contributed by atoms with Crippen molar-refractivity contribution < 1.29 is 19.1 Å². The number of urea groups is 1. The maximum atomic E-state index is 12.6. The predicted molar refractivity (Wildman–Crippen MR) is 88.7 cm³/mol. The lowest BCUT2D eigenvalue weighted by Gasteiger charge is -2.27. The number of methoxy groups -OCH3 is 1. The predicted octanol–water partition coefficient (Wildman–Crippen LogP) is 1.17. The number of carbonyl (C=O) groups is 3. The van der Waals surface area contributed by atoms with E-state index < -0.39 is 12.0 Å². The number of anilines is 1. The molecule has 3 amide bonds. The molecule has 1 fully saturated rings. The number of thioether (sulfide) groups is 1. The number of ether oxygens (including phenoxy) is 1. The van der Waals surface area contributed by atoms with E-state index in [4.69, 9.17) is 0 Å². The Hall–Kier alpha value is -2.22. The number of nitrogens with one attached hydrogen (secondary N) is 2. The Morgan fingerprint density at radius 1 is 1.22 bits per heavy atom. The number of carbonyl (C=O) groups excluding carboxylic acids is 3. The van der Waals surface area contributed by atoms with Crippen molar-refractivity contribution in [1.29, 1.82) is 0 Å². The Labute approximate surface area is 138 Å². The van der Waals surface area contributed by atoms with Crippen LogP contribution >= 0.6 is 11.8 Å². The minimum Gasteiger partial charge on any atom is -0.468 e. The molecule has 7 nitrogen and oxygen atoms in total. The summed E-state index contributed by atoms with van der Waals surface area (Å²) in [5.74, 6) is 1.19. The van der Waals surface area contributed by atoms with Crippen LogP contribution in [0.3, 0.4) is 0 Å². The number of benzene rings is 1. The van der Waals surface area contributed by atoms with Gasteiger partial charge in [0.15, 0.2) is 0 Å². The second-order valence-corrected chi connectivity index (χ2v) is 6.06. The standard InChI is InChI=1S/C15H19N3O4S/c1-22-13(19)10-16-15(21)17-12-5-3-2-4-11(12)14(20)18-6-8-23-9-7-18/h2-5H,6-10H2,1H3,(H2,16,17,21). The Morgan fingerprint density at radius 2 is 1.91 bits per heavy atom. The van der Waals surface area contributed by atoms with E-state index in [0.29, 0.717) is 24.3 Å². The quantitative estimate of drug-likeness (QED) is 0.805. The number of hydrogen-bond donors (Lipinski definition) is 2. The molecule has 2 rings (SSSR count). The molecular weight excluding hydrogens is 318 g/mol. The molecular formula is C15H19N3O4S. The van der Waals surface area contributed by atoms with Crippen LogP contribution in [-0.4, -0.2) is 61.1 Å². The molecule has 0 bridgehead atoms. The first-order valence-electron chi connectivity index (χ1n) is 7.19. The van der Waals surface area contributed by atoms with Crippen LogP contribution in [0.5, 0.6) is 0 Å². The highest BCUT2D eigenvalue weighted by atomic mass is 32.2. The highest BCUT2D eigenvalue weighted by molar-refractivity contribution is 7.99. The van der Waals surface area contributed by atoms with Crippen molar-refractivity contribution in [2.75, 3.05) is 43.6 Å². The summed E-state index contributed by atoms with van der Waals surface area (Å²) < 4.78 is 4.45. The van der Waals surface area contributed by atoms with Gasteiger partial charge in [-0.3, -0.25) is 9.59 Å². The molecule has 0 aliphatic carbocycles. The van der Waals surface area contributed by atoms with Gasteiger partial charge in [-0.15, -0.1) is 0 Å². The Bertz CT molecular complexity index is 588. The van der Waals surface area contributed by atoms with Crippen LogP contribution in [0.25, 0.3) is 0 Å². The van der Waals surface area contributed by atoms with Crippen molar-refractivity contribution in [3.63, 3.8) is 0 Å². The number of amides is 3. The summed E-state index contributed by atoms with van der Waals surface area (Å²) in [5.41, 5.74) is 0.853. The van der Waals surface area contributed by atoms with Crippen LogP contribution in [-0.2, 0) is 9.53 Å². The van der Waals surface area contributed by atoms with Gasteiger partial charge >= 0.3 is 12.0 Å². The van der Waals surface area contributed by atoms with Crippen LogP contribution in [0.1, 0.15) is 10.4 Å². The number of hydrogen-bond acceptors (Lipinski definition) is 5. The van der Waals surface area contributed by atoms with Gasteiger partial charge < -0.3 is 20.3 Å². The van der Waals surface area contributed by atoms with E-state index >= 15 is 0 Å². The molecule has 0 aromatic heterocycles. The number of esters is 1. The first-order chi connectivity index (χ1) is 11.1. The monoisotopic (exact) mass is 337 g/mol. The van der Waals surface area contributed by atoms with E-state index in [1.807, 2.05) is 11.8 Å². The summed E-state index contributed by atoms with van der Waals surface area (Å²) in [5, 5.41) is 4.97. The number of nitrogens with zero attached hydrogens (tertiary/aromatic N) is 1. The van der Waals surface area contributed by atoms with Gasteiger partial charge in [-0.05, 0) is 12.1 Å². The molecule has 1 aromatic carbocycles. The molecule has 0 atom stereocenters. The second kappa shape index (κ2) is 8.42. The average Bonchev–Trinajstić information content (AvgIpc) is 2.60. The average molecular weight is 337 g/mol. The molecule has 1 saturated heterocycles. The van der Waals surface area contributed by atoms with Crippen LogP contribution in [0.2, 0.25) is 0 Å². The Morgan fingerprint density at radius 3 is 2.61 bits per heavy atom. The molecule has 0 spiro atoms. The maximum Gasteiger partial charge on any atom is 0.325 e. The fourth-order valence-electron chi connectivity index (χ4n) is 2.11. The van der Waals surface area contributed by atoms with Gasteiger partial charge in [-0.25, -0.2) is 4.79 Å². The largest absolute Gasteiger partial charge is 0.468 e. The lowest BCUT2D eigenvalue weighted by Crippen LogP contribution is -2.39. The van der Waals surface area contributed by atoms with Gasteiger partial charge in [0.05, 0.1) is 18.4 Å². The van der Waals surface area contributed by atoms with Crippen molar-refractivity contribution in [2.24, 2.45) is 0 Å². The van der Waals surface area contributed by atoms with Gasteiger partial charge in [0.2, 0.25) is 0 Å². The van der Waals surface area contributed by atoms with Gasteiger partial charge in [0.25, 0.3) is 5.91 Å². The van der Waals surface area contributed by atoms with Gasteiger partial charge in [0.1, 0.15) is 6.54 Å². The van der Waals surface area contributed by atoms with Crippen LogP contribution in [0, 0.1) is 0 Å². The first kappa shape index (κ1) is 17.1. The van der Waals surface area contributed by atoms with E-state index in [9.17, 15) is 14.4 Å². The molecule has 0 unspecified atom stereocenters. The zero-order valence-corrected chi connectivity index (χ0v) is 13.6. The summed E-state index contributed by atoms with van der Waals surface area (Å²) in [6.45, 7) is 1.17. The van der Waals surface area contributed by atoms with E-state index in [1.54, 1.807) is 29.2 Å². The van der Waals surface area contributed by atoms with E-state index in [2.05, 4.69) is 15.4 Å². The molecule has 2 N–H and O–H groups in total. The summed E-state index contributed by atoms with van der Waals surface area (Å²) in [6, 6.07) is 6.26. The van der Waals surface area contributed by atoms with Crippen LogP contribution in [0.4, 0.5) is 10.5 Å². The number of para-hydroxylation sites is 1. The smallest absolute Gasteiger partial charge is 0.325 e. The summed E-state index contributed by atoms with van der Waals surface area (Å²) in [4.78, 5) is 37.2. The zero-order chi connectivity index (χ0) is 16.7. The topological polar surface area (TPSA) is 87.7 Å². The lowest BCUT2D eigenvalue weighted by atomic mass is 10.1. The van der Waals surface area contributed by atoms with Crippen molar-refractivity contribution in [1.82, 2.24) is 10.2 Å². The summed E-state index contributed by atoms with van der Waals surface area (Å²) in [7, 11) is 1.24. The highest BCUT2D eigenvalue weighted by Gasteiger charge is 2.21. The van der Waals surface area contributed by atoms with Crippen molar-refractivity contribution in [3.05, 3.63) is 29.8 Å². The molecule has 0 radical (unpaired) electrons. The molecule has 124 valence electrons. The third-order valence-electron chi connectivity index (χ3n) is 3.32. The molecule has 1 heterocycles. The molecule has 1 aliphatic rings. The van der Waals surface area contributed by atoms with Crippen LogP contribution in [0.15, 0.2) is 24.3 Å². The van der Waals surface area contributed by atoms with Gasteiger partial charge in [-0.1, -0.05) is 12.1 Å². The Balaban J connectivity index is 2.03. The van der Waals surface area contributed by atoms with E-state index in [1.165, 1.54) is 7.11 Å². The summed E-state index contributed by atoms with van der Waals surface area (Å²) in [6.07, 6.45) is 0. The first-order valence-corrected chi connectivity index (χ1v) is 8.35. The van der Waals surface area contributed by atoms with E-state index in [0.717, 1.165) is 11.5 Å². The van der Waals surface area contributed by atoms with Crippen molar-refractivity contribution in [3.8, 4) is 0 Å². The SMILES string of the molecule is COC(=O)CNC(=O)Nc1ccccc1C(=O)N1CCSCC1. The van der Waals surface area contributed by atoms with Gasteiger partial charge in [0, 0.05) is 24.6 Å². The summed E-state index contributed by atoms with van der Waals surface area (Å²) >= 11 is 1.82. The zero-order valence-electron chi connectivity index (χ0n) is 12.8. The Kier molecular flexibility index (Phi) is 6.28.